The Bertz CT molecular complexity index is 604. The average Bonchev–Trinajstić information content (AvgIpc) is 2.40. The third kappa shape index (κ3) is 3.46. The van der Waals surface area contributed by atoms with E-state index in [1.54, 1.807) is 18.2 Å². The second-order valence-electron chi connectivity index (χ2n) is 4.29. The molecule has 2 aromatic carbocycles. The third-order valence-electron chi connectivity index (χ3n) is 2.85. The maximum atomic E-state index is 13.8. The van der Waals surface area contributed by atoms with Gasteiger partial charge in [0.1, 0.15) is 12.4 Å². The molecule has 0 saturated carbocycles. The normalized spacial score (nSPS) is 10.6. The molecule has 5 heteroatoms. The number of rotatable bonds is 5. The van der Waals surface area contributed by atoms with E-state index in [0.29, 0.717) is 29.1 Å². The number of para-hydroxylation sites is 1. The number of nitrogens with two attached hydrogens (primary N) is 1. The van der Waals surface area contributed by atoms with Crippen LogP contribution in [0.5, 0.6) is 5.75 Å². The van der Waals surface area contributed by atoms with Crippen molar-refractivity contribution >= 4 is 11.6 Å². The molecule has 0 aromatic heterocycles. The van der Waals surface area contributed by atoms with Crippen LogP contribution in [0, 0.1) is 11.6 Å². The minimum atomic E-state index is -0.481. The molecule has 2 aromatic rings. The van der Waals surface area contributed by atoms with E-state index in [0.717, 1.165) is 0 Å². The second-order valence-corrected chi connectivity index (χ2v) is 4.73. The van der Waals surface area contributed by atoms with Crippen LogP contribution in [0.2, 0.25) is 5.02 Å². The molecule has 2 rings (SSSR count). The van der Waals surface area contributed by atoms with Gasteiger partial charge in [0.2, 0.25) is 0 Å². The van der Waals surface area contributed by atoms with Gasteiger partial charge in [-0.1, -0.05) is 29.8 Å². The Morgan fingerprint density at radius 2 is 1.85 bits per heavy atom. The van der Waals surface area contributed by atoms with Gasteiger partial charge in [0, 0.05) is 10.6 Å². The summed E-state index contributed by atoms with van der Waals surface area (Å²) >= 11 is 5.67. The summed E-state index contributed by atoms with van der Waals surface area (Å²) in [4.78, 5) is 0. The predicted octanol–water partition coefficient (Wildman–Crippen LogP) is 3.70. The Kier molecular flexibility index (Phi) is 4.93. The molecular weight excluding hydrogens is 284 g/mol. The second kappa shape index (κ2) is 6.68. The molecule has 0 spiro atoms. The van der Waals surface area contributed by atoms with Gasteiger partial charge in [-0.2, -0.15) is 0 Å². The summed E-state index contributed by atoms with van der Waals surface area (Å²) in [6.45, 7) is 0.316. The minimum absolute atomic E-state index is 0.0679. The fourth-order valence-electron chi connectivity index (χ4n) is 1.86. The van der Waals surface area contributed by atoms with Crippen molar-refractivity contribution in [2.24, 2.45) is 5.73 Å². The van der Waals surface area contributed by atoms with Gasteiger partial charge in [-0.3, -0.25) is 0 Å². The van der Waals surface area contributed by atoms with Gasteiger partial charge in [-0.25, -0.2) is 8.78 Å². The Morgan fingerprint density at radius 1 is 1.05 bits per heavy atom. The molecule has 0 heterocycles. The van der Waals surface area contributed by atoms with Crippen LogP contribution < -0.4 is 10.5 Å². The lowest BCUT2D eigenvalue weighted by Crippen LogP contribution is -2.07. The fourth-order valence-corrected chi connectivity index (χ4v) is 2.01. The van der Waals surface area contributed by atoms with E-state index in [1.807, 2.05) is 0 Å². The van der Waals surface area contributed by atoms with E-state index < -0.39 is 11.6 Å². The van der Waals surface area contributed by atoms with Crippen LogP contribution in [-0.2, 0) is 13.0 Å². The Balaban J connectivity index is 2.18. The summed E-state index contributed by atoms with van der Waals surface area (Å²) < 4.78 is 32.8. The molecule has 0 aliphatic carbocycles. The lowest BCUT2D eigenvalue weighted by molar-refractivity contribution is 0.281. The molecule has 0 radical (unpaired) electrons. The predicted molar refractivity (Wildman–Crippen MR) is 74.9 cm³/mol. The van der Waals surface area contributed by atoms with Crippen molar-refractivity contribution in [3.05, 3.63) is 64.2 Å². The van der Waals surface area contributed by atoms with Gasteiger partial charge >= 0.3 is 0 Å². The van der Waals surface area contributed by atoms with E-state index in [4.69, 9.17) is 22.1 Å². The molecule has 0 aliphatic rings. The van der Waals surface area contributed by atoms with Crippen molar-refractivity contribution in [2.75, 3.05) is 6.54 Å². The highest BCUT2D eigenvalue weighted by Gasteiger charge is 2.11. The number of hydrogen-bond acceptors (Lipinski definition) is 2. The molecule has 0 atom stereocenters. The van der Waals surface area contributed by atoms with Gasteiger partial charge < -0.3 is 10.5 Å². The summed E-state index contributed by atoms with van der Waals surface area (Å²) in [5.41, 5.74) is 6.46. The summed E-state index contributed by atoms with van der Waals surface area (Å²) in [6.07, 6.45) is 0.496. The van der Waals surface area contributed by atoms with Crippen LogP contribution in [0.3, 0.4) is 0 Å². The number of ether oxygens (including phenoxy) is 1. The van der Waals surface area contributed by atoms with E-state index in [-0.39, 0.29) is 12.4 Å². The van der Waals surface area contributed by atoms with Crippen molar-refractivity contribution in [1.82, 2.24) is 0 Å². The summed E-state index contributed by atoms with van der Waals surface area (Å²) in [6, 6.07) is 8.90. The van der Waals surface area contributed by atoms with Crippen molar-refractivity contribution in [2.45, 2.75) is 13.0 Å². The van der Waals surface area contributed by atoms with Crippen molar-refractivity contribution in [3.63, 3.8) is 0 Å². The quantitative estimate of drug-likeness (QED) is 0.913. The lowest BCUT2D eigenvalue weighted by atomic mass is 10.1. The Labute approximate surface area is 121 Å². The lowest BCUT2D eigenvalue weighted by Gasteiger charge is -2.12. The maximum absolute atomic E-state index is 13.8. The highest BCUT2D eigenvalue weighted by atomic mass is 35.5. The monoisotopic (exact) mass is 297 g/mol. The van der Waals surface area contributed by atoms with Crippen LogP contribution in [-0.4, -0.2) is 6.54 Å². The van der Waals surface area contributed by atoms with E-state index in [9.17, 15) is 8.78 Å². The van der Waals surface area contributed by atoms with Crippen LogP contribution in [0.4, 0.5) is 8.78 Å². The molecule has 106 valence electrons. The van der Waals surface area contributed by atoms with E-state index >= 15 is 0 Å². The molecule has 0 fully saturated rings. The Hall–Kier alpha value is -1.65. The van der Waals surface area contributed by atoms with Crippen LogP contribution in [0.1, 0.15) is 11.1 Å². The maximum Gasteiger partial charge on any atom is 0.165 e. The number of halogens is 3. The van der Waals surface area contributed by atoms with Gasteiger partial charge in [-0.15, -0.1) is 0 Å². The van der Waals surface area contributed by atoms with Crippen molar-refractivity contribution in [1.29, 1.82) is 0 Å². The summed E-state index contributed by atoms with van der Waals surface area (Å²) in [5, 5.41) is 0.306. The Morgan fingerprint density at radius 3 is 2.55 bits per heavy atom. The fraction of sp³-hybridized carbons (Fsp3) is 0.200. The van der Waals surface area contributed by atoms with Crippen LogP contribution >= 0.6 is 11.6 Å². The van der Waals surface area contributed by atoms with Crippen LogP contribution in [0.15, 0.2) is 36.4 Å². The van der Waals surface area contributed by atoms with Gasteiger partial charge in [0.25, 0.3) is 0 Å². The third-order valence-corrected chi connectivity index (χ3v) is 3.08. The summed E-state index contributed by atoms with van der Waals surface area (Å²) in [7, 11) is 0. The topological polar surface area (TPSA) is 35.2 Å². The van der Waals surface area contributed by atoms with Crippen molar-refractivity contribution < 1.29 is 13.5 Å². The molecule has 0 amide bonds. The van der Waals surface area contributed by atoms with Gasteiger partial charge in [-0.05, 0) is 36.7 Å². The first-order valence-corrected chi connectivity index (χ1v) is 6.54. The first kappa shape index (κ1) is 14.8. The van der Waals surface area contributed by atoms with Crippen LogP contribution in [0.25, 0.3) is 0 Å². The van der Waals surface area contributed by atoms with Gasteiger partial charge in [0.15, 0.2) is 11.6 Å². The molecule has 0 bridgehead atoms. The molecule has 2 nitrogen and oxygen atoms in total. The van der Waals surface area contributed by atoms with Crippen molar-refractivity contribution in [3.8, 4) is 5.75 Å². The highest BCUT2D eigenvalue weighted by Crippen LogP contribution is 2.25. The first-order chi connectivity index (χ1) is 9.61. The molecule has 2 N–H and O–H groups in total. The van der Waals surface area contributed by atoms with E-state index in [1.165, 1.54) is 18.2 Å². The molecule has 0 aliphatic heterocycles. The van der Waals surface area contributed by atoms with E-state index in [2.05, 4.69) is 0 Å². The zero-order valence-corrected chi connectivity index (χ0v) is 11.5. The highest BCUT2D eigenvalue weighted by molar-refractivity contribution is 6.30. The molecular formula is C15H14ClF2NO. The standard InChI is InChI=1S/C15H14ClF2NO/c16-12-5-4-11(14(18)8-12)9-20-15-10(6-7-19)2-1-3-13(15)17/h1-5,8H,6-7,9,19H2. The number of benzene rings is 2. The molecule has 0 unspecified atom stereocenters. The molecule has 20 heavy (non-hydrogen) atoms. The smallest absolute Gasteiger partial charge is 0.165 e. The average molecular weight is 298 g/mol. The minimum Gasteiger partial charge on any atom is -0.485 e. The number of hydrogen-bond donors (Lipinski definition) is 1. The summed E-state index contributed by atoms with van der Waals surface area (Å²) in [5.74, 6) is -0.841. The molecule has 0 saturated heterocycles. The van der Waals surface area contributed by atoms with Gasteiger partial charge in [0.05, 0.1) is 0 Å². The zero-order valence-electron chi connectivity index (χ0n) is 10.7. The zero-order chi connectivity index (χ0) is 14.5. The first-order valence-electron chi connectivity index (χ1n) is 6.16. The SMILES string of the molecule is NCCc1cccc(F)c1OCc1ccc(Cl)cc1F. The largest absolute Gasteiger partial charge is 0.485 e.